The van der Waals surface area contributed by atoms with Gasteiger partial charge in [-0.05, 0) is 109 Å². The van der Waals surface area contributed by atoms with Crippen molar-refractivity contribution in [2.24, 2.45) is 5.41 Å². The molecule has 4 aromatic rings. The van der Waals surface area contributed by atoms with Gasteiger partial charge >= 0.3 is 26.7 Å². The lowest BCUT2D eigenvalue weighted by Gasteiger charge is -2.52. The van der Waals surface area contributed by atoms with Crippen molar-refractivity contribution in [3.63, 3.8) is 0 Å². The van der Waals surface area contributed by atoms with Crippen LogP contribution in [0.4, 0.5) is 0 Å². The standard InChI is InChI=1S/C53H70O6P2/c1-3-5-7-9-11-13-16-21-43-23-27-45(28-24-43)47-31-35-49(36-32-47)58-52(42-20-41-51(39-18-15-19-40-51)53(52,60(54)55)61(56)57)59-50-37-33-48(34-38-50)46-29-25-44(26-30-46)22-17-14-12-10-8-6-4-2/h23-38H,3-22,39-42H2,1-2H3. The minimum atomic E-state index is -3.55. The monoisotopic (exact) mass is 864 g/mol. The summed E-state index contributed by atoms with van der Waals surface area (Å²) in [6.45, 7) is 4.51. The van der Waals surface area contributed by atoms with Crippen molar-refractivity contribution in [2.45, 2.75) is 179 Å². The lowest BCUT2D eigenvalue weighted by Crippen LogP contribution is -2.69. The smallest absolute Gasteiger partial charge is 0.420 e. The van der Waals surface area contributed by atoms with E-state index < -0.39 is 32.2 Å². The van der Waals surface area contributed by atoms with E-state index in [2.05, 4.69) is 62.4 Å². The van der Waals surface area contributed by atoms with E-state index in [0.29, 0.717) is 37.2 Å². The third-order valence-electron chi connectivity index (χ3n) is 13.8. The van der Waals surface area contributed by atoms with Crippen molar-refractivity contribution in [3.05, 3.63) is 108 Å². The van der Waals surface area contributed by atoms with Crippen LogP contribution >= 0.6 is 16.1 Å². The molecule has 2 aliphatic rings. The van der Waals surface area contributed by atoms with E-state index >= 15 is 0 Å². The number of hydrogen-bond donors (Lipinski definition) is 0. The molecular formula is C53H70O6P2. The molecule has 2 saturated carbocycles. The van der Waals surface area contributed by atoms with Crippen LogP contribution in [0, 0.1) is 5.41 Å². The predicted octanol–water partition coefficient (Wildman–Crippen LogP) is 14.8. The molecule has 2 unspecified atom stereocenters. The quantitative estimate of drug-likeness (QED) is 0.0395. The summed E-state index contributed by atoms with van der Waals surface area (Å²) < 4.78 is 41.4. The summed E-state index contributed by atoms with van der Waals surface area (Å²) in [5.41, 5.74) is 5.79. The first-order valence-electron chi connectivity index (χ1n) is 23.8. The average molecular weight is 865 g/mol. The number of hydrogen-bond acceptors (Lipinski definition) is 6. The Morgan fingerprint density at radius 1 is 0.443 bits per heavy atom. The van der Waals surface area contributed by atoms with Gasteiger partial charge in [-0.2, -0.15) is 0 Å². The average Bonchev–Trinajstić information content (AvgIpc) is 3.27. The van der Waals surface area contributed by atoms with Gasteiger partial charge in [-0.3, -0.25) is 0 Å². The Balaban J connectivity index is 1.20. The summed E-state index contributed by atoms with van der Waals surface area (Å²) in [6.07, 6.45) is 24.9. The lowest BCUT2D eigenvalue weighted by atomic mass is 9.62. The maximum absolute atomic E-state index is 13.9. The fourth-order valence-electron chi connectivity index (χ4n) is 10.3. The summed E-state index contributed by atoms with van der Waals surface area (Å²) in [5.74, 6) is -1.25. The molecule has 328 valence electrons. The second-order valence-corrected chi connectivity index (χ2v) is 20.7. The lowest BCUT2D eigenvalue weighted by molar-refractivity contribution is -0.234. The Kier molecular flexibility index (Phi) is 18.0. The highest BCUT2D eigenvalue weighted by Gasteiger charge is 2.86. The molecule has 61 heavy (non-hydrogen) atoms. The van der Waals surface area contributed by atoms with Crippen LogP contribution in [0.5, 0.6) is 11.5 Å². The molecule has 2 atom stereocenters. The van der Waals surface area contributed by atoms with Crippen molar-refractivity contribution >= 4 is 16.1 Å². The number of aryl methyl sites for hydroxylation is 2. The van der Waals surface area contributed by atoms with Crippen LogP contribution in [-0.2, 0) is 22.0 Å². The summed E-state index contributed by atoms with van der Waals surface area (Å²) in [5, 5.41) is 0. The Bertz CT molecular complexity index is 1810. The van der Waals surface area contributed by atoms with Gasteiger partial charge in [0, 0.05) is 6.42 Å². The normalized spacial score (nSPS) is 18.8. The fraction of sp³-hybridized carbons (Fsp3) is 0.547. The summed E-state index contributed by atoms with van der Waals surface area (Å²) in [7, 11) is -7.10. The molecule has 0 saturated heterocycles. The van der Waals surface area contributed by atoms with Gasteiger partial charge in [-0.25, -0.2) is 0 Å². The van der Waals surface area contributed by atoms with Gasteiger partial charge in [0.2, 0.25) is 0 Å². The second kappa shape index (κ2) is 23.3. The third kappa shape index (κ3) is 11.6. The second-order valence-electron chi connectivity index (χ2n) is 18.0. The van der Waals surface area contributed by atoms with Crippen LogP contribution in [0.15, 0.2) is 97.1 Å². The number of unbranched alkanes of at least 4 members (excludes halogenated alkanes) is 12. The van der Waals surface area contributed by atoms with Crippen LogP contribution in [-0.4, -0.2) is 10.7 Å². The van der Waals surface area contributed by atoms with E-state index in [-0.39, 0.29) is 6.42 Å². The highest BCUT2D eigenvalue weighted by atomic mass is 31.2. The van der Waals surface area contributed by atoms with E-state index in [1.807, 2.05) is 48.5 Å². The van der Waals surface area contributed by atoms with Crippen molar-refractivity contribution in [1.82, 2.24) is 0 Å². The van der Waals surface area contributed by atoms with E-state index in [1.165, 1.54) is 101 Å². The molecular weight excluding hydrogens is 795 g/mol. The summed E-state index contributed by atoms with van der Waals surface area (Å²) in [6, 6.07) is 32.5. The maximum atomic E-state index is 13.9. The Hall–Kier alpha value is -3.40. The van der Waals surface area contributed by atoms with Crippen LogP contribution in [0.1, 0.15) is 166 Å². The molecule has 0 heterocycles. The highest BCUT2D eigenvalue weighted by Crippen LogP contribution is 2.73. The minimum Gasteiger partial charge on any atom is -0.591 e. The van der Waals surface area contributed by atoms with Crippen molar-refractivity contribution in [1.29, 1.82) is 0 Å². The molecule has 0 radical (unpaired) electrons. The van der Waals surface area contributed by atoms with Gasteiger partial charge in [0.05, 0.1) is 5.41 Å². The fourth-order valence-corrected chi connectivity index (χ4v) is 13.3. The zero-order valence-electron chi connectivity index (χ0n) is 37.1. The maximum Gasteiger partial charge on any atom is 0.420 e. The number of benzene rings is 4. The van der Waals surface area contributed by atoms with Crippen molar-refractivity contribution in [2.75, 3.05) is 0 Å². The van der Waals surface area contributed by atoms with Crippen LogP contribution in [0.25, 0.3) is 22.3 Å². The molecule has 0 amide bonds. The first-order valence-corrected chi connectivity index (χ1v) is 26.2. The molecule has 2 fully saturated rings. The molecule has 0 aliphatic heterocycles. The number of rotatable bonds is 24. The SMILES string of the molecule is CCCCCCCCCc1ccc(-c2ccc(OC3(Oc4ccc(-c5ccc(CCCCCCCCC)cc5)cc4)CCCC4(CCCCC4)C3([P+](=O)[O-])[P+](=O)[O-])cc2)cc1. The summed E-state index contributed by atoms with van der Waals surface area (Å²) >= 11 is 0. The predicted molar refractivity (Wildman–Crippen MR) is 248 cm³/mol. The Morgan fingerprint density at radius 2 is 0.787 bits per heavy atom. The molecule has 6 rings (SSSR count). The molecule has 0 bridgehead atoms. The minimum absolute atomic E-state index is 0.116. The zero-order valence-corrected chi connectivity index (χ0v) is 38.8. The molecule has 4 aromatic carbocycles. The van der Waals surface area contributed by atoms with Gasteiger partial charge in [0.15, 0.2) is 0 Å². The van der Waals surface area contributed by atoms with E-state index in [0.717, 1.165) is 54.4 Å². The van der Waals surface area contributed by atoms with Gasteiger partial charge in [-0.15, -0.1) is 0 Å². The largest absolute Gasteiger partial charge is 0.591 e. The van der Waals surface area contributed by atoms with Gasteiger partial charge in [0.1, 0.15) is 11.5 Å². The molecule has 0 N–H and O–H groups in total. The Labute approximate surface area is 369 Å². The molecule has 1 spiro atoms. The molecule has 2 aliphatic carbocycles. The third-order valence-corrected chi connectivity index (χ3v) is 17.4. The zero-order chi connectivity index (χ0) is 43.0. The van der Waals surface area contributed by atoms with Crippen LogP contribution in [0.3, 0.4) is 0 Å². The number of ether oxygens (including phenoxy) is 2. The van der Waals surface area contributed by atoms with Crippen LogP contribution in [0.2, 0.25) is 0 Å². The molecule has 8 heteroatoms. The van der Waals surface area contributed by atoms with Crippen molar-refractivity contribution < 1.29 is 28.4 Å². The van der Waals surface area contributed by atoms with Gasteiger partial charge in [0.25, 0.3) is 0 Å². The van der Waals surface area contributed by atoms with Gasteiger partial charge < -0.3 is 19.3 Å². The van der Waals surface area contributed by atoms with E-state index in [4.69, 9.17) is 9.47 Å². The molecule has 0 aromatic heterocycles. The van der Waals surface area contributed by atoms with Gasteiger partial charge in [-0.1, -0.05) is 192 Å². The Morgan fingerprint density at radius 3 is 1.16 bits per heavy atom. The first kappa shape index (κ1) is 47.1. The van der Waals surface area contributed by atoms with Crippen molar-refractivity contribution in [3.8, 4) is 33.8 Å². The highest BCUT2D eigenvalue weighted by molar-refractivity contribution is 7.58. The topological polar surface area (TPSA) is 98.7 Å². The summed E-state index contributed by atoms with van der Waals surface area (Å²) in [4.78, 5) is 25.5. The first-order chi connectivity index (χ1) is 29.8. The molecule has 6 nitrogen and oxygen atoms in total. The van der Waals surface area contributed by atoms with Crippen LogP contribution < -0.4 is 19.3 Å². The van der Waals surface area contributed by atoms with E-state index in [1.54, 1.807) is 0 Å². The van der Waals surface area contributed by atoms with E-state index in [9.17, 15) is 18.9 Å².